The number of phenols is 2. The molecular formula is C31H36O6. The van der Waals surface area contributed by atoms with Gasteiger partial charge in [0, 0.05) is 22.8 Å². The number of hydrogen-bond donors (Lipinski definition) is 2. The second-order valence-corrected chi connectivity index (χ2v) is 10.3. The molecule has 196 valence electrons. The van der Waals surface area contributed by atoms with E-state index < -0.39 is 6.10 Å². The quantitative estimate of drug-likeness (QED) is 0.368. The van der Waals surface area contributed by atoms with Crippen LogP contribution in [0.1, 0.15) is 87.0 Å². The van der Waals surface area contributed by atoms with Gasteiger partial charge in [-0.2, -0.15) is 0 Å². The molecule has 0 aliphatic carbocycles. The first-order valence-corrected chi connectivity index (χ1v) is 12.8. The van der Waals surface area contributed by atoms with Crippen LogP contribution in [0.3, 0.4) is 0 Å². The van der Waals surface area contributed by atoms with Crippen LogP contribution in [0.5, 0.6) is 28.7 Å². The number of hydrogen-bond acceptors (Lipinski definition) is 6. The van der Waals surface area contributed by atoms with Crippen LogP contribution in [0, 0.1) is 0 Å². The highest BCUT2D eigenvalue weighted by Crippen LogP contribution is 2.47. The topological polar surface area (TPSA) is 85.2 Å². The fraction of sp³-hybridized carbons (Fsp3) is 0.387. The van der Waals surface area contributed by atoms with Gasteiger partial charge in [0.15, 0.2) is 17.3 Å². The maximum atomic E-state index is 13.3. The minimum absolute atomic E-state index is 0.0727. The number of ketones is 1. The normalized spacial score (nSPS) is 16.2. The van der Waals surface area contributed by atoms with E-state index in [1.54, 1.807) is 0 Å². The van der Waals surface area contributed by atoms with Crippen LogP contribution in [0.25, 0.3) is 0 Å². The molecule has 0 saturated heterocycles. The first-order valence-electron chi connectivity index (χ1n) is 12.8. The van der Waals surface area contributed by atoms with Gasteiger partial charge in [-0.3, -0.25) is 4.79 Å². The van der Waals surface area contributed by atoms with Crippen molar-refractivity contribution in [3.63, 3.8) is 0 Å². The largest absolute Gasteiger partial charge is 0.507 e. The molecule has 0 amide bonds. The Morgan fingerprint density at radius 1 is 0.946 bits per heavy atom. The molecule has 2 N–H and O–H groups in total. The monoisotopic (exact) mass is 504 g/mol. The van der Waals surface area contributed by atoms with Crippen molar-refractivity contribution in [2.45, 2.75) is 72.8 Å². The van der Waals surface area contributed by atoms with Crippen molar-refractivity contribution in [2.75, 3.05) is 6.79 Å². The van der Waals surface area contributed by atoms with E-state index in [1.807, 2.05) is 32.1 Å². The molecule has 2 aliphatic rings. The highest BCUT2D eigenvalue weighted by molar-refractivity contribution is 6.03. The summed E-state index contributed by atoms with van der Waals surface area (Å²) in [6, 6.07) is 5.20. The van der Waals surface area contributed by atoms with Crippen molar-refractivity contribution in [1.29, 1.82) is 0 Å². The molecule has 0 spiro atoms. The number of carbonyl (C=O) groups is 1. The van der Waals surface area contributed by atoms with Gasteiger partial charge in [0.25, 0.3) is 0 Å². The minimum Gasteiger partial charge on any atom is -0.507 e. The van der Waals surface area contributed by atoms with Gasteiger partial charge in [-0.25, -0.2) is 0 Å². The van der Waals surface area contributed by atoms with Crippen LogP contribution < -0.4 is 14.2 Å². The van der Waals surface area contributed by atoms with Crippen LogP contribution in [0.15, 0.2) is 53.1 Å². The molecule has 1 atom stereocenters. The van der Waals surface area contributed by atoms with Crippen molar-refractivity contribution in [1.82, 2.24) is 0 Å². The predicted octanol–water partition coefficient (Wildman–Crippen LogP) is 7.28. The summed E-state index contributed by atoms with van der Waals surface area (Å²) >= 11 is 0. The summed E-state index contributed by atoms with van der Waals surface area (Å²) in [5.41, 5.74) is 5.84. The van der Waals surface area contributed by atoms with Gasteiger partial charge >= 0.3 is 0 Å². The first kappa shape index (κ1) is 26.4. The zero-order chi connectivity index (χ0) is 26.7. The van der Waals surface area contributed by atoms with E-state index in [4.69, 9.17) is 14.2 Å². The Bertz CT molecular complexity index is 1290. The third-order valence-electron chi connectivity index (χ3n) is 6.75. The van der Waals surface area contributed by atoms with Crippen LogP contribution in [0.2, 0.25) is 0 Å². The molecule has 2 aromatic rings. The number of fused-ring (bicyclic) bond motifs is 2. The predicted molar refractivity (Wildman–Crippen MR) is 144 cm³/mol. The van der Waals surface area contributed by atoms with Crippen molar-refractivity contribution in [3.8, 4) is 28.7 Å². The summed E-state index contributed by atoms with van der Waals surface area (Å²) in [5.74, 6) is 1.01. The Balaban J connectivity index is 1.66. The number of carbonyl (C=O) groups excluding carboxylic acids is 1. The second-order valence-electron chi connectivity index (χ2n) is 10.3. The fourth-order valence-electron chi connectivity index (χ4n) is 4.71. The number of benzene rings is 2. The van der Waals surface area contributed by atoms with Crippen LogP contribution in [-0.4, -0.2) is 22.8 Å². The SMILES string of the molecule is CC(C)=CCCC(C)=CCc1c(C2CC(=O)c3c(cc(O)c(CC=C(C)C)c3O)O2)ccc2c1OCO2. The lowest BCUT2D eigenvalue weighted by atomic mass is 9.89. The van der Waals surface area contributed by atoms with Crippen molar-refractivity contribution in [3.05, 3.63) is 75.4 Å². The Labute approximate surface area is 218 Å². The molecule has 0 fully saturated rings. The smallest absolute Gasteiger partial charge is 0.231 e. The molecule has 0 aromatic heterocycles. The van der Waals surface area contributed by atoms with Gasteiger partial charge in [0.1, 0.15) is 28.9 Å². The molecule has 0 bridgehead atoms. The second kappa shape index (κ2) is 11.2. The molecule has 2 heterocycles. The number of phenolic OH excluding ortho intramolecular Hbond substituents is 2. The Morgan fingerprint density at radius 2 is 1.68 bits per heavy atom. The lowest BCUT2D eigenvalue weighted by molar-refractivity contribution is 0.0843. The fourth-order valence-corrected chi connectivity index (χ4v) is 4.71. The molecule has 2 aliphatic heterocycles. The number of rotatable bonds is 8. The number of Topliss-reactive ketones (excluding diaryl/α,β-unsaturated/α-hetero) is 1. The van der Waals surface area contributed by atoms with E-state index in [1.165, 1.54) is 17.2 Å². The number of allylic oxidation sites excluding steroid dienone is 6. The maximum Gasteiger partial charge on any atom is 0.231 e. The zero-order valence-corrected chi connectivity index (χ0v) is 22.3. The van der Waals surface area contributed by atoms with E-state index in [9.17, 15) is 15.0 Å². The first-order chi connectivity index (χ1) is 17.7. The van der Waals surface area contributed by atoms with Crippen molar-refractivity contribution < 1.29 is 29.2 Å². The van der Waals surface area contributed by atoms with Crippen LogP contribution in [0.4, 0.5) is 0 Å². The summed E-state index contributed by atoms with van der Waals surface area (Å²) in [6.07, 6.45) is 8.70. The van der Waals surface area contributed by atoms with Crippen molar-refractivity contribution in [2.24, 2.45) is 0 Å². The lowest BCUT2D eigenvalue weighted by Crippen LogP contribution is -2.22. The molecule has 2 aromatic carbocycles. The van der Waals surface area contributed by atoms with Crippen LogP contribution in [-0.2, 0) is 12.8 Å². The van der Waals surface area contributed by atoms with E-state index in [2.05, 4.69) is 32.9 Å². The number of aromatic hydroxyl groups is 2. The van der Waals surface area contributed by atoms with Gasteiger partial charge in [-0.05, 0) is 66.4 Å². The highest BCUT2D eigenvalue weighted by atomic mass is 16.7. The van der Waals surface area contributed by atoms with E-state index in [-0.39, 0.29) is 41.8 Å². The standard InChI is InChI=1S/C31H36O6/c1-18(2)7-6-8-20(5)10-12-22-21(13-14-26-31(22)36-17-35-26)27-16-25(33)29-28(37-27)15-24(32)23(30(29)34)11-9-19(3)4/h7,9-10,13-15,27,32,34H,6,8,11-12,16-17H2,1-5H3. The average molecular weight is 505 g/mol. The molecular weight excluding hydrogens is 468 g/mol. The van der Waals surface area contributed by atoms with Gasteiger partial charge in [-0.15, -0.1) is 0 Å². The Morgan fingerprint density at radius 3 is 2.41 bits per heavy atom. The molecule has 37 heavy (non-hydrogen) atoms. The summed E-state index contributed by atoms with van der Waals surface area (Å²) < 4.78 is 17.7. The summed E-state index contributed by atoms with van der Waals surface area (Å²) in [7, 11) is 0. The maximum absolute atomic E-state index is 13.3. The van der Waals surface area contributed by atoms with Gasteiger partial charge in [0.05, 0.1) is 6.42 Å². The average Bonchev–Trinajstić information content (AvgIpc) is 3.30. The molecule has 4 rings (SSSR count). The van der Waals surface area contributed by atoms with E-state index in [0.717, 1.165) is 29.5 Å². The Kier molecular flexibility index (Phi) is 7.96. The van der Waals surface area contributed by atoms with Gasteiger partial charge < -0.3 is 24.4 Å². The molecule has 0 saturated carbocycles. The van der Waals surface area contributed by atoms with Crippen LogP contribution >= 0.6 is 0 Å². The summed E-state index contributed by atoms with van der Waals surface area (Å²) in [4.78, 5) is 13.3. The van der Waals surface area contributed by atoms with E-state index in [0.29, 0.717) is 29.9 Å². The Hall–Kier alpha value is -3.67. The zero-order valence-electron chi connectivity index (χ0n) is 22.3. The molecule has 1 unspecified atom stereocenters. The lowest BCUT2D eigenvalue weighted by Gasteiger charge is -2.28. The van der Waals surface area contributed by atoms with E-state index >= 15 is 0 Å². The third kappa shape index (κ3) is 5.85. The molecule has 6 nitrogen and oxygen atoms in total. The van der Waals surface area contributed by atoms with Gasteiger partial charge in [0.2, 0.25) is 6.79 Å². The summed E-state index contributed by atoms with van der Waals surface area (Å²) in [5, 5.41) is 21.5. The highest BCUT2D eigenvalue weighted by Gasteiger charge is 2.35. The summed E-state index contributed by atoms with van der Waals surface area (Å²) in [6.45, 7) is 10.3. The van der Waals surface area contributed by atoms with Gasteiger partial charge in [-0.1, -0.05) is 41.0 Å². The van der Waals surface area contributed by atoms with Crippen molar-refractivity contribution >= 4 is 5.78 Å². The third-order valence-corrected chi connectivity index (χ3v) is 6.75. The number of ether oxygens (including phenoxy) is 3. The minimum atomic E-state index is -0.577. The molecule has 6 heteroatoms. The molecule has 0 radical (unpaired) electrons.